The summed E-state index contributed by atoms with van der Waals surface area (Å²) in [6, 6.07) is 0.527. The molecule has 3 nitrogen and oxygen atoms in total. The fourth-order valence-corrected chi connectivity index (χ4v) is 2.39. The van der Waals surface area contributed by atoms with Gasteiger partial charge in [-0.05, 0) is 33.4 Å². The predicted molar refractivity (Wildman–Crippen MR) is 67.4 cm³/mol. The van der Waals surface area contributed by atoms with E-state index in [0.29, 0.717) is 18.4 Å². The molecule has 1 rings (SSSR count). The molecule has 0 aromatic heterocycles. The minimum Gasteiger partial charge on any atom is -0.338 e. The van der Waals surface area contributed by atoms with Crippen LogP contribution in [0, 0.1) is 0 Å². The van der Waals surface area contributed by atoms with Crippen LogP contribution in [0.15, 0.2) is 0 Å². The Labute approximate surface area is 99.8 Å². The van der Waals surface area contributed by atoms with Crippen LogP contribution in [-0.2, 0) is 4.79 Å². The number of amides is 1. The molecule has 0 N–H and O–H groups in total. The van der Waals surface area contributed by atoms with E-state index in [1.54, 1.807) is 0 Å². The number of nitrogens with zero attached hydrogens (tertiary/aromatic N) is 2. The van der Waals surface area contributed by atoms with Gasteiger partial charge >= 0.3 is 0 Å². The molecule has 1 fully saturated rings. The van der Waals surface area contributed by atoms with E-state index >= 15 is 0 Å². The molecule has 1 amide bonds. The summed E-state index contributed by atoms with van der Waals surface area (Å²) in [4.78, 5) is 16.3. The fourth-order valence-electron chi connectivity index (χ4n) is 2.39. The Kier molecular flexibility index (Phi) is 5.81. The Morgan fingerprint density at radius 3 is 2.31 bits per heavy atom. The van der Waals surface area contributed by atoms with E-state index in [1.165, 1.54) is 25.7 Å². The molecular weight excluding hydrogens is 200 g/mol. The van der Waals surface area contributed by atoms with Crippen molar-refractivity contribution in [1.29, 1.82) is 0 Å². The first-order valence-corrected chi connectivity index (χ1v) is 6.59. The summed E-state index contributed by atoms with van der Waals surface area (Å²) < 4.78 is 0. The van der Waals surface area contributed by atoms with E-state index in [2.05, 4.69) is 30.8 Å². The summed E-state index contributed by atoms with van der Waals surface area (Å²) >= 11 is 0. The summed E-state index contributed by atoms with van der Waals surface area (Å²) in [6.45, 7) is 3.96. The third kappa shape index (κ3) is 4.12. The molecule has 0 unspecified atom stereocenters. The number of hydrogen-bond donors (Lipinski definition) is 0. The second-order valence-corrected chi connectivity index (χ2v) is 5.08. The zero-order valence-electron chi connectivity index (χ0n) is 11.0. The van der Waals surface area contributed by atoms with Gasteiger partial charge in [-0.25, -0.2) is 0 Å². The lowest BCUT2D eigenvalue weighted by Gasteiger charge is -2.30. The standard InChI is InChI=1S/C13H26N2O/c1-4-7-13(16)15(11-10-14(2)3)12-8-5-6-9-12/h12H,4-11H2,1-3H3. The highest BCUT2D eigenvalue weighted by Gasteiger charge is 2.25. The van der Waals surface area contributed by atoms with Gasteiger partial charge in [0.25, 0.3) is 0 Å². The van der Waals surface area contributed by atoms with Gasteiger partial charge < -0.3 is 9.80 Å². The zero-order valence-corrected chi connectivity index (χ0v) is 11.0. The smallest absolute Gasteiger partial charge is 0.222 e. The van der Waals surface area contributed by atoms with Gasteiger partial charge in [0, 0.05) is 25.6 Å². The van der Waals surface area contributed by atoms with Crippen molar-refractivity contribution in [2.75, 3.05) is 27.2 Å². The quantitative estimate of drug-likeness (QED) is 0.692. The number of likely N-dealkylation sites (N-methyl/N-ethyl adjacent to an activating group) is 1. The third-order valence-electron chi connectivity index (χ3n) is 3.34. The van der Waals surface area contributed by atoms with Crippen molar-refractivity contribution in [2.24, 2.45) is 0 Å². The van der Waals surface area contributed by atoms with Crippen molar-refractivity contribution < 1.29 is 4.79 Å². The van der Waals surface area contributed by atoms with E-state index in [9.17, 15) is 4.79 Å². The number of carbonyl (C=O) groups is 1. The van der Waals surface area contributed by atoms with Crippen LogP contribution in [0.4, 0.5) is 0 Å². The van der Waals surface area contributed by atoms with Crippen LogP contribution < -0.4 is 0 Å². The summed E-state index contributed by atoms with van der Waals surface area (Å²) in [5.41, 5.74) is 0. The molecule has 1 aliphatic rings. The molecule has 0 aromatic carbocycles. The number of hydrogen-bond acceptors (Lipinski definition) is 2. The molecule has 0 heterocycles. The third-order valence-corrected chi connectivity index (χ3v) is 3.34. The van der Waals surface area contributed by atoms with Crippen LogP contribution in [0.2, 0.25) is 0 Å². The highest BCUT2D eigenvalue weighted by molar-refractivity contribution is 5.76. The van der Waals surface area contributed by atoms with Crippen molar-refractivity contribution in [2.45, 2.75) is 51.5 Å². The lowest BCUT2D eigenvalue weighted by atomic mass is 10.2. The Morgan fingerprint density at radius 1 is 1.19 bits per heavy atom. The highest BCUT2D eigenvalue weighted by Crippen LogP contribution is 2.24. The van der Waals surface area contributed by atoms with Crippen LogP contribution in [-0.4, -0.2) is 48.9 Å². The molecule has 0 aromatic rings. The minimum absolute atomic E-state index is 0.358. The van der Waals surface area contributed by atoms with Crippen molar-refractivity contribution in [3.8, 4) is 0 Å². The normalized spacial score (nSPS) is 17.0. The van der Waals surface area contributed by atoms with E-state index in [1.807, 2.05) is 0 Å². The molecule has 0 radical (unpaired) electrons. The second kappa shape index (κ2) is 6.89. The Hall–Kier alpha value is -0.570. The molecule has 0 bridgehead atoms. The van der Waals surface area contributed by atoms with Crippen LogP contribution in [0.25, 0.3) is 0 Å². The Bertz CT molecular complexity index is 210. The maximum absolute atomic E-state index is 12.1. The van der Waals surface area contributed by atoms with Gasteiger partial charge in [0.2, 0.25) is 5.91 Å². The molecular formula is C13H26N2O. The first kappa shape index (κ1) is 13.5. The number of carbonyl (C=O) groups excluding carboxylic acids is 1. The first-order chi connectivity index (χ1) is 7.65. The maximum atomic E-state index is 12.1. The van der Waals surface area contributed by atoms with Gasteiger partial charge in [0.05, 0.1) is 0 Å². The average Bonchev–Trinajstić information content (AvgIpc) is 2.71. The molecule has 0 saturated heterocycles. The largest absolute Gasteiger partial charge is 0.338 e. The average molecular weight is 226 g/mol. The molecule has 1 aliphatic carbocycles. The molecule has 16 heavy (non-hydrogen) atoms. The molecule has 94 valence electrons. The van der Waals surface area contributed by atoms with Crippen molar-refractivity contribution >= 4 is 5.91 Å². The van der Waals surface area contributed by atoms with E-state index in [4.69, 9.17) is 0 Å². The van der Waals surface area contributed by atoms with Gasteiger partial charge in [0.1, 0.15) is 0 Å². The fraction of sp³-hybridized carbons (Fsp3) is 0.923. The van der Waals surface area contributed by atoms with Gasteiger partial charge in [-0.15, -0.1) is 0 Å². The van der Waals surface area contributed by atoms with E-state index in [0.717, 1.165) is 19.5 Å². The number of rotatable bonds is 6. The SMILES string of the molecule is CCCC(=O)N(CCN(C)C)C1CCCC1. The summed E-state index contributed by atoms with van der Waals surface area (Å²) in [7, 11) is 4.13. The van der Waals surface area contributed by atoms with E-state index < -0.39 is 0 Å². The van der Waals surface area contributed by atoms with E-state index in [-0.39, 0.29) is 0 Å². The summed E-state index contributed by atoms with van der Waals surface area (Å²) in [5.74, 6) is 0.358. The summed E-state index contributed by atoms with van der Waals surface area (Å²) in [5, 5.41) is 0. The Balaban J connectivity index is 2.49. The van der Waals surface area contributed by atoms with Crippen LogP contribution in [0.5, 0.6) is 0 Å². The Morgan fingerprint density at radius 2 is 1.81 bits per heavy atom. The lowest BCUT2D eigenvalue weighted by molar-refractivity contribution is -0.133. The van der Waals surface area contributed by atoms with Gasteiger partial charge in [0.15, 0.2) is 0 Å². The van der Waals surface area contributed by atoms with Gasteiger partial charge in [-0.1, -0.05) is 19.8 Å². The molecule has 0 atom stereocenters. The van der Waals surface area contributed by atoms with Gasteiger partial charge in [-0.3, -0.25) is 4.79 Å². The zero-order chi connectivity index (χ0) is 12.0. The molecule has 0 aliphatic heterocycles. The lowest BCUT2D eigenvalue weighted by Crippen LogP contribution is -2.42. The van der Waals surface area contributed by atoms with Crippen molar-refractivity contribution in [3.05, 3.63) is 0 Å². The van der Waals surface area contributed by atoms with Crippen LogP contribution in [0.1, 0.15) is 45.4 Å². The maximum Gasteiger partial charge on any atom is 0.222 e. The predicted octanol–water partition coefficient (Wildman–Crippen LogP) is 2.12. The topological polar surface area (TPSA) is 23.6 Å². The minimum atomic E-state index is 0.358. The monoisotopic (exact) mass is 226 g/mol. The van der Waals surface area contributed by atoms with Crippen LogP contribution in [0.3, 0.4) is 0 Å². The molecule has 1 saturated carbocycles. The first-order valence-electron chi connectivity index (χ1n) is 6.59. The summed E-state index contributed by atoms with van der Waals surface area (Å²) in [6.07, 6.45) is 6.69. The highest BCUT2D eigenvalue weighted by atomic mass is 16.2. The van der Waals surface area contributed by atoms with Crippen LogP contribution >= 0.6 is 0 Å². The molecule has 0 spiro atoms. The van der Waals surface area contributed by atoms with Gasteiger partial charge in [-0.2, -0.15) is 0 Å². The second-order valence-electron chi connectivity index (χ2n) is 5.08. The van der Waals surface area contributed by atoms with Crippen molar-refractivity contribution in [3.63, 3.8) is 0 Å². The molecule has 3 heteroatoms. The van der Waals surface area contributed by atoms with Crippen molar-refractivity contribution in [1.82, 2.24) is 9.80 Å².